The van der Waals surface area contributed by atoms with Crippen LogP contribution in [0.25, 0.3) is 11.0 Å². The number of nitrogens with zero attached hydrogens (tertiary/aromatic N) is 3. The van der Waals surface area contributed by atoms with Crippen molar-refractivity contribution in [3.63, 3.8) is 0 Å². The van der Waals surface area contributed by atoms with Gasteiger partial charge in [0.2, 0.25) is 0 Å². The van der Waals surface area contributed by atoms with Gasteiger partial charge in [-0.25, -0.2) is 4.98 Å². The predicted molar refractivity (Wildman–Crippen MR) is 68.3 cm³/mol. The molecule has 4 heterocycles. The van der Waals surface area contributed by atoms with Gasteiger partial charge in [-0.05, 0) is 25.6 Å². The number of aromatic nitrogens is 2. The van der Waals surface area contributed by atoms with E-state index in [4.69, 9.17) is 0 Å². The number of likely N-dealkylation sites (N-methyl/N-ethyl adjacent to an activating group) is 1. The van der Waals surface area contributed by atoms with Crippen LogP contribution in [0.4, 0.5) is 5.69 Å². The molecule has 1 aromatic heterocycles. The summed E-state index contributed by atoms with van der Waals surface area (Å²) in [6.07, 6.45) is 3.15. The zero-order valence-corrected chi connectivity index (χ0v) is 9.93. The molecule has 0 aliphatic carbocycles. The number of para-hydroxylation sites is 1. The van der Waals surface area contributed by atoms with Gasteiger partial charge >= 0.3 is 0 Å². The lowest BCUT2D eigenvalue weighted by Crippen LogP contribution is -2.67. The average Bonchev–Trinajstić information content (AvgIpc) is 2.86. The third-order valence-corrected chi connectivity index (χ3v) is 4.33. The van der Waals surface area contributed by atoms with Gasteiger partial charge in [0, 0.05) is 25.2 Å². The number of imidazole rings is 1. The summed E-state index contributed by atoms with van der Waals surface area (Å²) >= 11 is 0. The largest absolute Gasteiger partial charge is 0.367 e. The minimum atomic E-state index is 0.739. The van der Waals surface area contributed by atoms with E-state index in [0.717, 1.165) is 36.2 Å². The summed E-state index contributed by atoms with van der Waals surface area (Å²) in [4.78, 5) is 12.6. The maximum Gasteiger partial charge on any atom is 0.112 e. The number of rotatable bonds is 1. The van der Waals surface area contributed by atoms with Crippen molar-refractivity contribution >= 4 is 16.7 Å². The van der Waals surface area contributed by atoms with Crippen molar-refractivity contribution in [2.45, 2.75) is 18.5 Å². The first-order valence-corrected chi connectivity index (χ1v) is 6.22. The summed E-state index contributed by atoms with van der Waals surface area (Å²) in [5, 5.41) is 0. The highest BCUT2D eigenvalue weighted by Gasteiger charge is 2.42. The molecule has 3 aliphatic rings. The number of aromatic amines is 1. The van der Waals surface area contributed by atoms with E-state index in [1.165, 1.54) is 12.1 Å². The standard InChI is InChI=1S/C13H16N4/c1-16-9-5-10(16)7-17(6-9)12-4-2-3-11-13(12)15-8-14-11/h2-4,8-10H,5-7H2,1H3,(H,14,15). The summed E-state index contributed by atoms with van der Waals surface area (Å²) in [7, 11) is 2.24. The van der Waals surface area contributed by atoms with Crippen molar-refractivity contribution in [1.82, 2.24) is 14.9 Å². The van der Waals surface area contributed by atoms with Crippen LogP contribution in [0.1, 0.15) is 6.42 Å². The van der Waals surface area contributed by atoms with Crippen LogP contribution in [0.2, 0.25) is 0 Å². The number of hydrogen-bond acceptors (Lipinski definition) is 3. The maximum absolute atomic E-state index is 4.44. The normalized spacial score (nSPS) is 28.4. The lowest BCUT2D eigenvalue weighted by Gasteiger charge is -2.55. The number of piperazine rings is 1. The van der Waals surface area contributed by atoms with Crippen molar-refractivity contribution in [2.24, 2.45) is 0 Å². The van der Waals surface area contributed by atoms with Crippen LogP contribution in [-0.4, -0.2) is 47.1 Å². The van der Waals surface area contributed by atoms with Gasteiger partial charge in [0.1, 0.15) is 5.52 Å². The number of piperidine rings is 1. The minimum Gasteiger partial charge on any atom is -0.367 e. The Labute approximate surface area is 100 Å². The number of hydrogen-bond donors (Lipinski definition) is 1. The molecule has 2 unspecified atom stereocenters. The highest BCUT2D eigenvalue weighted by atomic mass is 15.3. The molecule has 2 aromatic rings. The molecule has 2 bridgehead atoms. The summed E-state index contributed by atoms with van der Waals surface area (Å²) in [5.74, 6) is 0. The van der Waals surface area contributed by atoms with Crippen molar-refractivity contribution in [1.29, 1.82) is 0 Å². The predicted octanol–water partition coefficient (Wildman–Crippen LogP) is 1.46. The molecule has 4 nitrogen and oxygen atoms in total. The van der Waals surface area contributed by atoms with Gasteiger partial charge in [0.05, 0.1) is 17.5 Å². The molecule has 1 N–H and O–H groups in total. The molecule has 3 saturated heterocycles. The topological polar surface area (TPSA) is 35.2 Å². The lowest BCUT2D eigenvalue weighted by atomic mass is 9.88. The monoisotopic (exact) mass is 228 g/mol. The first-order valence-electron chi connectivity index (χ1n) is 6.22. The van der Waals surface area contributed by atoms with Crippen LogP contribution in [0.3, 0.4) is 0 Å². The van der Waals surface area contributed by atoms with Gasteiger partial charge in [-0.1, -0.05) is 6.07 Å². The fourth-order valence-electron chi connectivity index (χ4n) is 3.20. The van der Waals surface area contributed by atoms with Gasteiger partial charge in [-0.2, -0.15) is 0 Å². The van der Waals surface area contributed by atoms with Crippen LogP contribution < -0.4 is 4.90 Å². The number of nitrogens with one attached hydrogen (secondary N) is 1. The Morgan fingerprint density at radius 3 is 2.88 bits per heavy atom. The fourth-order valence-corrected chi connectivity index (χ4v) is 3.20. The Morgan fingerprint density at radius 1 is 1.29 bits per heavy atom. The zero-order valence-electron chi connectivity index (χ0n) is 9.93. The second-order valence-corrected chi connectivity index (χ2v) is 5.19. The Balaban J connectivity index is 1.73. The molecule has 3 aliphatic heterocycles. The van der Waals surface area contributed by atoms with E-state index < -0.39 is 0 Å². The van der Waals surface area contributed by atoms with E-state index in [1.54, 1.807) is 6.33 Å². The van der Waals surface area contributed by atoms with Gasteiger partial charge in [-0.3, -0.25) is 4.90 Å². The second-order valence-electron chi connectivity index (χ2n) is 5.19. The second kappa shape index (κ2) is 3.23. The van der Waals surface area contributed by atoms with Crippen LogP contribution >= 0.6 is 0 Å². The quantitative estimate of drug-likeness (QED) is 0.802. The molecule has 88 valence electrons. The number of benzene rings is 1. The van der Waals surface area contributed by atoms with E-state index in [1.807, 2.05) is 0 Å². The van der Waals surface area contributed by atoms with Crippen molar-refractivity contribution in [3.05, 3.63) is 24.5 Å². The molecule has 2 atom stereocenters. The molecule has 5 rings (SSSR count). The molecule has 0 spiro atoms. The Morgan fingerprint density at radius 2 is 2.12 bits per heavy atom. The van der Waals surface area contributed by atoms with Crippen LogP contribution in [0, 0.1) is 0 Å². The third-order valence-electron chi connectivity index (χ3n) is 4.33. The summed E-state index contributed by atoms with van der Waals surface area (Å²) in [6.45, 7) is 2.28. The molecule has 0 amide bonds. The molecule has 1 aromatic carbocycles. The van der Waals surface area contributed by atoms with Crippen molar-refractivity contribution in [2.75, 3.05) is 25.0 Å². The van der Waals surface area contributed by atoms with Gasteiger partial charge < -0.3 is 9.88 Å². The highest BCUT2D eigenvalue weighted by Crippen LogP contribution is 2.34. The molecule has 4 heteroatoms. The molecule has 0 radical (unpaired) electrons. The van der Waals surface area contributed by atoms with Crippen LogP contribution in [0.15, 0.2) is 24.5 Å². The van der Waals surface area contributed by atoms with E-state index in [2.05, 4.69) is 45.0 Å². The number of H-pyrrole nitrogens is 1. The van der Waals surface area contributed by atoms with E-state index >= 15 is 0 Å². The Hall–Kier alpha value is -1.55. The minimum absolute atomic E-state index is 0.739. The molecule has 3 fully saturated rings. The Kier molecular flexibility index (Phi) is 1.80. The number of anilines is 1. The third kappa shape index (κ3) is 1.24. The van der Waals surface area contributed by atoms with Crippen molar-refractivity contribution in [3.8, 4) is 0 Å². The summed E-state index contributed by atoms with van der Waals surface area (Å²) in [6, 6.07) is 7.86. The smallest absolute Gasteiger partial charge is 0.112 e. The first-order chi connectivity index (χ1) is 8.33. The highest BCUT2D eigenvalue weighted by molar-refractivity contribution is 5.88. The molecular formula is C13H16N4. The molecular weight excluding hydrogens is 212 g/mol. The van der Waals surface area contributed by atoms with E-state index in [9.17, 15) is 0 Å². The number of fused-ring (bicyclic) bond motifs is 3. The Bertz CT molecular complexity index is 549. The van der Waals surface area contributed by atoms with Gasteiger partial charge in [0.25, 0.3) is 0 Å². The lowest BCUT2D eigenvalue weighted by molar-refractivity contribution is 0.0265. The average molecular weight is 228 g/mol. The fraction of sp³-hybridized carbons (Fsp3) is 0.462. The molecule has 17 heavy (non-hydrogen) atoms. The van der Waals surface area contributed by atoms with Gasteiger partial charge in [0.15, 0.2) is 0 Å². The maximum atomic E-state index is 4.44. The summed E-state index contributed by atoms with van der Waals surface area (Å²) < 4.78 is 0. The van der Waals surface area contributed by atoms with Crippen LogP contribution in [-0.2, 0) is 0 Å². The van der Waals surface area contributed by atoms with E-state index in [0.29, 0.717) is 0 Å². The van der Waals surface area contributed by atoms with Gasteiger partial charge in [-0.15, -0.1) is 0 Å². The van der Waals surface area contributed by atoms with Crippen LogP contribution in [0.5, 0.6) is 0 Å². The zero-order chi connectivity index (χ0) is 11.4. The summed E-state index contributed by atoms with van der Waals surface area (Å²) in [5.41, 5.74) is 3.53. The first kappa shape index (κ1) is 9.48. The molecule has 0 saturated carbocycles. The van der Waals surface area contributed by atoms with E-state index in [-0.39, 0.29) is 0 Å². The van der Waals surface area contributed by atoms with Crippen molar-refractivity contribution < 1.29 is 0 Å². The SMILES string of the molecule is CN1C2CC1CN(c1cccc3[nH]cnc13)C2.